The van der Waals surface area contributed by atoms with E-state index in [1.807, 2.05) is 18.2 Å². The Bertz CT molecular complexity index is 1400. The van der Waals surface area contributed by atoms with Gasteiger partial charge >= 0.3 is 12.1 Å². The van der Waals surface area contributed by atoms with E-state index >= 15 is 0 Å². The van der Waals surface area contributed by atoms with Gasteiger partial charge in [0.05, 0.1) is 17.4 Å². The smallest absolute Gasteiger partial charge is 0.355 e. The highest BCUT2D eigenvalue weighted by Gasteiger charge is 2.46. The lowest BCUT2D eigenvalue weighted by Gasteiger charge is -2.26. The number of nitrogens with zero attached hydrogens (tertiary/aromatic N) is 3. The van der Waals surface area contributed by atoms with Crippen molar-refractivity contribution in [3.63, 3.8) is 0 Å². The third kappa shape index (κ3) is 5.10. The molecule has 3 aromatic rings. The number of carbonyl (C=O) groups is 2. The summed E-state index contributed by atoms with van der Waals surface area (Å²) >= 11 is 6.31. The van der Waals surface area contributed by atoms with Gasteiger partial charge in [0.1, 0.15) is 5.02 Å². The molecule has 1 aliphatic carbocycles. The van der Waals surface area contributed by atoms with E-state index in [9.17, 15) is 22.8 Å². The molecule has 2 bridgehead atoms. The molecule has 1 fully saturated rings. The summed E-state index contributed by atoms with van der Waals surface area (Å²) in [5, 5.41) is 9.05. The van der Waals surface area contributed by atoms with Crippen LogP contribution in [0.15, 0.2) is 48.7 Å². The number of nitrogens with one attached hydrogen (secondary N) is 3. The SMILES string of the molecule is CNC(=O)c1ccccc1Nc1nc(Nc2ccc3c(c2)C2CCC3CN(C(=O)C(F)(F)F)C2)ncc1Cl. The van der Waals surface area contributed by atoms with Gasteiger partial charge in [0.2, 0.25) is 5.95 Å². The second-order valence-electron chi connectivity index (χ2n) is 9.29. The van der Waals surface area contributed by atoms with Crippen molar-refractivity contribution < 1.29 is 22.8 Å². The minimum absolute atomic E-state index is 0.0293. The van der Waals surface area contributed by atoms with E-state index in [1.165, 1.54) is 13.2 Å². The number of para-hydroxylation sites is 1. The minimum Gasteiger partial charge on any atom is -0.355 e. The van der Waals surface area contributed by atoms with E-state index in [0.29, 0.717) is 23.4 Å². The van der Waals surface area contributed by atoms with Crippen LogP contribution in [0.1, 0.15) is 46.2 Å². The van der Waals surface area contributed by atoms with Gasteiger partial charge in [-0.2, -0.15) is 18.2 Å². The van der Waals surface area contributed by atoms with Crippen LogP contribution in [0.3, 0.4) is 0 Å². The van der Waals surface area contributed by atoms with Crippen molar-refractivity contribution in [1.29, 1.82) is 0 Å². The van der Waals surface area contributed by atoms with Crippen LogP contribution in [-0.2, 0) is 4.79 Å². The summed E-state index contributed by atoms with van der Waals surface area (Å²) in [4.78, 5) is 33.8. The zero-order valence-electron chi connectivity index (χ0n) is 20.3. The number of benzene rings is 2. The molecule has 38 heavy (non-hydrogen) atoms. The first kappa shape index (κ1) is 25.8. The van der Waals surface area contributed by atoms with Gasteiger partial charge in [0.25, 0.3) is 5.91 Å². The van der Waals surface area contributed by atoms with Crippen LogP contribution in [0.4, 0.5) is 36.3 Å². The summed E-state index contributed by atoms with van der Waals surface area (Å²) in [7, 11) is 1.54. The number of amides is 2. The van der Waals surface area contributed by atoms with Crippen molar-refractivity contribution in [3.8, 4) is 0 Å². The van der Waals surface area contributed by atoms with E-state index in [4.69, 9.17) is 11.6 Å². The van der Waals surface area contributed by atoms with Crippen LogP contribution < -0.4 is 16.0 Å². The molecular weight excluding hydrogens is 521 g/mol. The number of alkyl halides is 3. The molecule has 2 aromatic carbocycles. The van der Waals surface area contributed by atoms with E-state index in [0.717, 1.165) is 22.4 Å². The number of hydrogen-bond donors (Lipinski definition) is 3. The third-order valence-electron chi connectivity index (χ3n) is 6.89. The largest absolute Gasteiger partial charge is 0.471 e. The predicted octanol–water partition coefficient (Wildman–Crippen LogP) is 5.34. The molecule has 0 spiro atoms. The highest BCUT2D eigenvalue weighted by molar-refractivity contribution is 6.33. The van der Waals surface area contributed by atoms with Gasteiger partial charge in [-0.1, -0.05) is 29.8 Å². The van der Waals surface area contributed by atoms with Crippen molar-refractivity contribution in [1.82, 2.24) is 20.2 Å². The zero-order chi connectivity index (χ0) is 27.0. The highest BCUT2D eigenvalue weighted by atomic mass is 35.5. The molecule has 3 aliphatic rings. The maximum absolute atomic E-state index is 13.1. The number of aromatic nitrogens is 2. The summed E-state index contributed by atoms with van der Waals surface area (Å²) in [5.74, 6) is -1.87. The lowest BCUT2D eigenvalue weighted by atomic mass is 9.78. The maximum Gasteiger partial charge on any atom is 0.471 e. The van der Waals surface area contributed by atoms with Gasteiger partial charge in [-0.3, -0.25) is 9.59 Å². The number of hydrogen-bond acceptors (Lipinski definition) is 6. The van der Waals surface area contributed by atoms with Crippen LogP contribution in [0, 0.1) is 0 Å². The Kier molecular flexibility index (Phi) is 6.87. The Morgan fingerprint density at radius 2 is 1.74 bits per heavy atom. The summed E-state index contributed by atoms with van der Waals surface area (Å²) in [6.07, 6.45) is -2.02. The minimum atomic E-state index is -4.89. The van der Waals surface area contributed by atoms with Gasteiger partial charge < -0.3 is 20.9 Å². The van der Waals surface area contributed by atoms with Gasteiger partial charge in [-0.05, 0) is 48.2 Å². The molecule has 1 saturated heterocycles. The quantitative estimate of drug-likeness (QED) is 0.401. The maximum atomic E-state index is 13.1. The number of fused-ring (bicyclic) bond motifs is 3. The van der Waals surface area contributed by atoms with Gasteiger partial charge in [0.15, 0.2) is 5.82 Å². The predicted molar refractivity (Wildman–Crippen MR) is 137 cm³/mol. The number of halogens is 4. The third-order valence-corrected chi connectivity index (χ3v) is 7.17. The second kappa shape index (κ2) is 10.1. The fourth-order valence-corrected chi connectivity index (χ4v) is 5.26. The molecule has 0 saturated carbocycles. The molecule has 198 valence electrons. The molecule has 3 heterocycles. The van der Waals surface area contributed by atoms with Crippen molar-refractivity contribution in [3.05, 3.63) is 70.4 Å². The molecule has 2 amide bonds. The molecule has 12 heteroatoms. The Balaban J connectivity index is 1.38. The standard InChI is InChI=1S/C26H24ClF3N6O2/c1-31-23(37)18-4-2-3-5-21(18)34-22-20(27)11-32-25(35-22)33-16-8-9-17-14-6-7-15(19(17)10-16)13-36(12-14)24(38)26(28,29)30/h2-5,8-11,14-15H,6-7,12-13H2,1H3,(H,31,37)(H2,32,33,34,35). The van der Waals surface area contributed by atoms with Crippen molar-refractivity contribution in [2.45, 2.75) is 30.9 Å². The van der Waals surface area contributed by atoms with Crippen LogP contribution in [-0.4, -0.2) is 53.0 Å². The van der Waals surface area contributed by atoms with Crippen molar-refractivity contribution >= 4 is 46.6 Å². The Morgan fingerprint density at radius 1 is 1.03 bits per heavy atom. The fraction of sp³-hybridized carbons (Fsp3) is 0.308. The lowest BCUT2D eigenvalue weighted by Crippen LogP contribution is -2.42. The summed E-state index contributed by atoms with van der Waals surface area (Å²) < 4.78 is 39.3. The lowest BCUT2D eigenvalue weighted by molar-refractivity contribution is -0.185. The molecule has 2 aliphatic heterocycles. The van der Waals surface area contributed by atoms with Crippen LogP contribution in [0.2, 0.25) is 5.02 Å². The molecule has 1 aromatic heterocycles. The van der Waals surface area contributed by atoms with E-state index in [-0.39, 0.29) is 47.6 Å². The number of rotatable bonds is 5. The molecule has 2 atom stereocenters. The monoisotopic (exact) mass is 544 g/mol. The molecule has 2 unspecified atom stereocenters. The van der Waals surface area contributed by atoms with E-state index < -0.39 is 12.1 Å². The van der Waals surface area contributed by atoms with Crippen LogP contribution in [0.25, 0.3) is 0 Å². The molecule has 8 nitrogen and oxygen atoms in total. The normalized spacial score (nSPS) is 18.4. The first-order chi connectivity index (χ1) is 18.1. The van der Waals surface area contributed by atoms with E-state index in [1.54, 1.807) is 24.3 Å². The topological polar surface area (TPSA) is 99.2 Å². The molecule has 6 rings (SSSR count). The first-order valence-corrected chi connectivity index (χ1v) is 12.4. The summed E-state index contributed by atoms with van der Waals surface area (Å²) in [6, 6.07) is 12.5. The van der Waals surface area contributed by atoms with E-state index in [2.05, 4.69) is 25.9 Å². The fourth-order valence-electron chi connectivity index (χ4n) is 5.12. The van der Waals surface area contributed by atoms with Gasteiger partial charge in [-0.25, -0.2) is 4.98 Å². The highest BCUT2D eigenvalue weighted by Crippen LogP contribution is 2.44. The number of carbonyl (C=O) groups excluding carboxylic acids is 2. The Labute approximate surface area is 221 Å². The molecule has 0 radical (unpaired) electrons. The second-order valence-corrected chi connectivity index (χ2v) is 9.69. The first-order valence-electron chi connectivity index (χ1n) is 12.0. The summed E-state index contributed by atoms with van der Waals surface area (Å²) in [6.45, 7) is 0.0863. The zero-order valence-corrected chi connectivity index (χ0v) is 21.0. The molecule has 3 N–H and O–H groups in total. The van der Waals surface area contributed by atoms with Crippen molar-refractivity contribution in [2.24, 2.45) is 0 Å². The van der Waals surface area contributed by atoms with Crippen LogP contribution >= 0.6 is 11.6 Å². The Hall–Kier alpha value is -3.86. The summed E-state index contributed by atoms with van der Waals surface area (Å²) in [5.41, 5.74) is 3.48. The molecular formula is C26H24ClF3N6O2. The number of anilines is 4. The van der Waals surface area contributed by atoms with Gasteiger partial charge in [-0.15, -0.1) is 0 Å². The Morgan fingerprint density at radius 3 is 2.45 bits per heavy atom. The average molecular weight is 545 g/mol. The van der Waals surface area contributed by atoms with Crippen molar-refractivity contribution in [2.75, 3.05) is 30.8 Å². The van der Waals surface area contributed by atoms with Crippen LogP contribution in [0.5, 0.6) is 0 Å². The van der Waals surface area contributed by atoms with Gasteiger partial charge in [0, 0.05) is 37.7 Å². The average Bonchev–Trinajstić information content (AvgIpc) is 3.21.